The Balaban J connectivity index is 2.54. The van der Waals surface area contributed by atoms with Crippen molar-refractivity contribution in [1.82, 2.24) is 4.57 Å². The molecule has 0 saturated heterocycles. The number of carbonyl (C=O) groups excluding carboxylic acids is 2. The molecule has 1 aromatic carbocycles. The number of benzene rings is 1. The second kappa shape index (κ2) is 6.66. The summed E-state index contributed by atoms with van der Waals surface area (Å²) in [6, 6.07) is 8.87. The van der Waals surface area contributed by atoms with Gasteiger partial charge in [-0.3, -0.25) is 4.79 Å². The topological polar surface area (TPSA) is 107 Å². The molecule has 2 rings (SSSR count). The number of ether oxygens (including phenoxy) is 2. The molecular formula is C16H15N3O4. The van der Waals surface area contributed by atoms with Crippen LogP contribution in [0.25, 0.3) is 5.69 Å². The van der Waals surface area contributed by atoms with Crippen molar-refractivity contribution >= 4 is 17.6 Å². The van der Waals surface area contributed by atoms with Crippen molar-refractivity contribution in [1.29, 1.82) is 5.26 Å². The van der Waals surface area contributed by atoms with Crippen LogP contribution in [0.3, 0.4) is 0 Å². The highest BCUT2D eigenvalue weighted by atomic mass is 16.5. The quantitative estimate of drug-likeness (QED) is 0.856. The summed E-state index contributed by atoms with van der Waals surface area (Å²) in [6.45, 7) is 0. The van der Waals surface area contributed by atoms with Gasteiger partial charge < -0.3 is 19.8 Å². The first-order valence-electron chi connectivity index (χ1n) is 6.67. The summed E-state index contributed by atoms with van der Waals surface area (Å²) < 4.78 is 10.8. The largest absolute Gasteiger partial charge is 0.469 e. The summed E-state index contributed by atoms with van der Waals surface area (Å²) >= 11 is 0. The Hall–Kier alpha value is -3.27. The van der Waals surface area contributed by atoms with E-state index in [2.05, 4.69) is 4.74 Å². The Bertz CT molecular complexity index is 802. The Labute approximate surface area is 132 Å². The average Bonchev–Trinajstić information content (AvgIpc) is 2.90. The molecule has 1 heterocycles. The highest BCUT2D eigenvalue weighted by Gasteiger charge is 2.21. The minimum absolute atomic E-state index is 0.0534. The molecule has 0 aliphatic carbocycles. The first-order chi connectivity index (χ1) is 11.0. The van der Waals surface area contributed by atoms with Gasteiger partial charge in [0.05, 0.1) is 31.9 Å². The molecule has 23 heavy (non-hydrogen) atoms. The lowest BCUT2D eigenvalue weighted by Crippen LogP contribution is -2.11. The molecule has 2 aromatic rings. The zero-order chi connectivity index (χ0) is 17.0. The summed E-state index contributed by atoms with van der Waals surface area (Å²) in [5.41, 5.74) is 7.43. The van der Waals surface area contributed by atoms with Gasteiger partial charge in [-0.15, -0.1) is 0 Å². The van der Waals surface area contributed by atoms with E-state index >= 15 is 0 Å². The molecule has 0 amide bonds. The van der Waals surface area contributed by atoms with Crippen molar-refractivity contribution in [2.45, 2.75) is 6.42 Å². The minimum Gasteiger partial charge on any atom is -0.469 e. The van der Waals surface area contributed by atoms with Gasteiger partial charge in [0.1, 0.15) is 6.07 Å². The molecule has 0 saturated carbocycles. The number of nitrogen functional groups attached to an aromatic ring is 1. The van der Waals surface area contributed by atoms with Gasteiger partial charge in [0.15, 0.2) is 5.69 Å². The van der Waals surface area contributed by atoms with Gasteiger partial charge in [0, 0.05) is 11.9 Å². The predicted molar refractivity (Wildman–Crippen MR) is 82.0 cm³/mol. The number of hydrogen-bond acceptors (Lipinski definition) is 6. The number of esters is 2. The lowest BCUT2D eigenvalue weighted by atomic mass is 10.1. The molecule has 0 bridgehead atoms. The number of aromatic nitrogens is 1. The van der Waals surface area contributed by atoms with Crippen LogP contribution in [0.2, 0.25) is 0 Å². The molecule has 118 valence electrons. The van der Waals surface area contributed by atoms with E-state index in [4.69, 9.17) is 15.7 Å². The lowest BCUT2D eigenvalue weighted by Gasteiger charge is -2.10. The van der Waals surface area contributed by atoms with Gasteiger partial charge in [-0.05, 0) is 17.7 Å². The van der Waals surface area contributed by atoms with E-state index < -0.39 is 5.97 Å². The number of nitriles is 1. The summed E-state index contributed by atoms with van der Waals surface area (Å²) in [7, 11) is 2.55. The van der Waals surface area contributed by atoms with Gasteiger partial charge >= 0.3 is 11.9 Å². The van der Waals surface area contributed by atoms with Crippen molar-refractivity contribution in [2.24, 2.45) is 0 Å². The number of nitrogens with zero attached hydrogens (tertiary/aromatic N) is 2. The Morgan fingerprint density at radius 2 is 2.04 bits per heavy atom. The minimum atomic E-state index is -0.651. The monoisotopic (exact) mass is 313 g/mol. The molecule has 0 radical (unpaired) electrons. The Morgan fingerprint density at radius 3 is 2.65 bits per heavy atom. The van der Waals surface area contributed by atoms with Crippen LogP contribution in [0.4, 0.5) is 5.69 Å². The second-order valence-electron chi connectivity index (χ2n) is 4.70. The van der Waals surface area contributed by atoms with Gasteiger partial charge in [-0.1, -0.05) is 12.1 Å². The summed E-state index contributed by atoms with van der Waals surface area (Å²) in [5.74, 6) is -1.03. The van der Waals surface area contributed by atoms with Gasteiger partial charge in [0.25, 0.3) is 0 Å². The lowest BCUT2D eigenvalue weighted by molar-refractivity contribution is -0.139. The summed E-state index contributed by atoms with van der Waals surface area (Å²) in [5, 5.41) is 9.11. The molecule has 7 nitrogen and oxygen atoms in total. The number of carbonyl (C=O) groups is 2. The molecule has 0 unspecified atom stereocenters. The molecule has 0 aliphatic rings. The van der Waals surface area contributed by atoms with Crippen molar-refractivity contribution in [3.63, 3.8) is 0 Å². The summed E-state index contributed by atoms with van der Waals surface area (Å²) in [6.07, 6.45) is 1.55. The fourth-order valence-electron chi connectivity index (χ4n) is 2.17. The van der Waals surface area contributed by atoms with Crippen molar-refractivity contribution in [3.8, 4) is 11.8 Å². The van der Waals surface area contributed by atoms with E-state index in [-0.39, 0.29) is 29.3 Å². The second-order valence-corrected chi connectivity index (χ2v) is 4.70. The average molecular weight is 313 g/mol. The highest BCUT2D eigenvalue weighted by molar-refractivity contribution is 5.96. The maximum absolute atomic E-state index is 12.0. The smallest absolute Gasteiger partial charge is 0.357 e. The van der Waals surface area contributed by atoms with Crippen LogP contribution in [0, 0.1) is 11.3 Å². The standard InChI is InChI=1S/C16H15N3O4/c1-22-13(20)7-10-4-3-5-12(6-10)19-9-11(8-17)14(18)15(19)16(21)23-2/h3-6,9H,7,18H2,1-2H3. The normalized spacial score (nSPS) is 9.96. The van der Waals surface area contributed by atoms with Crippen LogP contribution < -0.4 is 5.73 Å². The van der Waals surface area contributed by atoms with Crippen molar-refractivity contribution in [3.05, 3.63) is 47.3 Å². The Morgan fingerprint density at radius 1 is 1.30 bits per heavy atom. The van der Waals surface area contributed by atoms with Gasteiger partial charge in [0.2, 0.25) is 0 Å². The highest BCUT2D eigenvalue weighted by Crippen LogP contribution is 2.25. The van der Waals surface area contributed by atoms with E-state index in [1.54, 1.807) is 24.3 Å². The van der Waals surface area contributed by atoms with E-state index in [1.807, 2.05) is 6.07 Å². The van der Waals surface area contributed by atoms with Crippen LogP contribution in [-0.2, 0) is 20.7 Å². The van der Waals surface area contributed by atoms with Crippen molar-refractivity contribution in [2.75, 3.05) is 20.0 Å². The molecule has 0 spiro atoms. The van der Waals surface area contributed by atoms with E-state index in [0.29, 0.717) is 11.3 Å². The Kier molecular flexibility index (Phi) is 4.66. The van der Waals surface area contributed by atoms with Crippen LogP contribution in [0.5, 0.6) is 0 Å². The third-order valence-corrected chi connectivity index (χ3v) is 3.31. The number of anilines is 1. The fourth-order valence-corrected chi connectivity index (χ4v) is 2.17. The third kappa shape index (κ3) is 3.16. The molecule has 0 atom stereocenters. The number of rotatable bonds is 4. The maximum Gasteiger partial charge on any atom is 0.357 e. The molecule has 1 aromatic heterocycles. The fraction of sp³-hybridized carbons (Fsp3) is 0.188. The van der Waals surface area contributed by atoms with Crippen LogP contribution >= 0.6 is 0 Å². The van der Waals surface area contributed by atoms with Gasteiger partial charge in [-0.2, -0.15) is 5.26 Å². The zero-order valence-corrected chi connectivity index (χ0v) is 12.7. The van der Waals surface area contributed by atoms with Crippen LogP contribution in [-0.4, -0.2) is 30.7 Å². The van der Waals surface area contributed by atoms with E-state index in [9.17, 15) is 9.59 Å². The maximum atomic E-state index is 12.0. The predicted octanol–water partition coefficient (Wildman–Crippen LogP) is 1.43. The molecule has 0 fully saturated rings. The van der Waals surface area contributed by atoms with Gasteiger partial charge in [-0.25, -0.2) is 4.79 Å². The SMILES string of the molecule is COC(=O)Cc1cccc(-n2cc(C#N)c(N)c2C(=O)OC)c1. The first-order valence-corrected chi connectivity index (χ1v) is 6.67. The number of methoxy groups -OCH3 is 2. The first kappa shape index (κ1) is 16.1. The molecule has 0 aliphatic heterocycles. The summed E-state index contributed by atoms with van der Waals surface area (Å²) in [4.78, 5) is 23.3. The molecular weight excluding hydrogens is 298 g/mol. The van der Waals surface area contributed by atoms with E-state index in [0.717, 1.165) is 0 Å². The number of hydrogen-bond donors (Lipinski definition) is 1. The van der Waals surface area contributed by atoms with Crippen LogP contribution in [0.15, 0.2) is 30.5 Å². The van der Waals surface area contributed by atoms with Crippen molar-refractivity contribution < 1.29 is 19.1 Å². The molecule has 2 N–H and O–H groups in total. The number of nitrogens with two attached hydrogens (primary N) is 1. The third-order valence-electron chi connectivity index (χ3n) is 3.31. The zero-order valence-electron chi connectivity index (χ0n) is 12.7. The molecule has 7 heteroatoms. The van der Waals surface area contributed by atoms with Crippen LogP contribution in [0.1, 0.15) is 21.6 Å². The van der Waals surface area contributed by atoms with E-state index in [1.165, 1.54) is 25.0 Å².